The smallest absolute Gasteiger partial charge is 0.295 e. The first kappa shape index (κ1) is 16.9. The van der Waals surface area contributed by atoms with E-state index in [1.165, 1.54) is 17.4 Å². The van der Waals surface area contributed by atoms with E-state index in [0.717, 1.165) is 0 Å². The van der Waals surface area contributed by atoms with Crippen molar-refractivity contribution in [3.63, 3.8) is 0 Å². The van der Waals surface area contributed by atoms with E-state index in [0.29, 0.717) is 13.1 Å². The molecule has 1 aromatic heterocycles. The summed E-state index contributed by atoms with van der Waals surface area (Å²) in [6.07, 6.45) is 2.84. The van der Waals surface area contributed by atoms with Crippen LogP contribution in [0.4, 0.5) is 0 Å². The van der Waals surface area contributed by atoms with Crippen LogP contribution in [0.3, 0.4) is 0 Å². The Morgan fingerprint density at radius 3 is 2.61 bits per heavy atom. The first-order valence-corrected chi connectivity index (χ1v) is 7.49. The van der Waals surface area contributed by atoms with Crippen molar-refractivity contribution in [2.24, 2.45) is 5.41 Å². The molecule has 1 aromatic rings. The lowest BCUT2D eigenvalue weighted by Crippen LogP contribution is -2.34. The van der Waals surface area contributed by atoms with E-state index >= 15 is 0 Å². The summed E-state index contributed by atoms with van der Waals surface area (Å²) in [6, 6.07) is 5.10. The summed E-state index contributed by atoms with van der Waals surface area (Å²) in [4.78, 5) is 27.5. The zero-order chi connectivity index (χ0) is 17.2. The molecular formula is C16H17N3O3S. The summed E-state index contributed by atoms with van der Waals surface area (Å²) >= 11 is 5.28. The Morgan fingerprint density at radius 1 is 1.39 bits per heavy atom. The van der Waals surface area contributed by atoms with Crippen LogP contribution in [-0.2, 0) is 4.79 Å². The van der Waals surface area contributed by atoms with Crippen LogP contribution < -0.4 is 0 Å². The van der Waals surface area contributed by atoms with E-state index in [2.05, 4.69) is 0 Å². The molecule has 1 aliphatic heterocycles. The zero-order valence-electron chi connectivity index (χ0n) is 13.2. The average molecular weight is 331 g/mol. The van der Waals surface area contributed by atoms with E-state index in [9.17, 15) is 14.9 Å². The van der Waals surface area contributed by atoms with E-state index in [1.807, 2.05) is 6.07 Å². The number of thiocarbonyl (C=S) groups is 1. The second-order valence-corrected chi connectivity index (χ2v) is 6.51. The maximum Gasteiger partial charge on any atom is 0.295 e. The highest BCUT2D eigenvalue weighted by molar-refractivity contribution is 7.80. The second kappa shape index (κ2) is 6.34. The number of ketones is 1. The molecule has 0 aliphatic carbocycles. The van der Waals surface area contributed by atoms with Crippen molar-refractivity contribution in [1.82, 2.24) is 9.80 Å². The van der Waals surface area contributed by atoms with Crippen molar-refractivity contribution in [3.05, 3.63) is 35.9 Å². The van der Waals surface area contributed by atoms with Crippen LogP contribution in [0.1, 0.15) is 31.3 Å². The number of carbonyl (C=O) groups is 2. The Labute approximate surface area is 140 Å². The Bertz CT molecular complexity index is 708. The Balaban J connectivity index is 2.19. The van der Waals surface area contributed by atoms with Crippen molar-refractivity contribution >= 4 is 29.0 Å². The molecule has 6 nitrogen and oxygen atoms in total. The van der Waals surface area contributed by atoms with Gasteiger partial charge in [-0.1, -0.05) is 20.8 Å². The number of Topliss-reactive ketones (excluding diaryl/α,β-unsaturated/α-hetero) is 1. The summed E-state index contributed by atoms with van der Waals surface area (Å²) in [7, 11) is 0. The number of carbonyl (C=O) groups excluding carboxylic acids is 2. The first-order valence-electron chi connectivity index (χ1n) is 7.08. The van der Waals surface area contributed by atoms with Gasteiger partial charge in [0.2, 0.25) is 0 Å². The number of rotatable bonds is 3. The lowest BCUT2D eigenvalue weighted by molar-refractivity contribution is -0.122. The van der Waals surface area contributed by atoms with Gasteiger partial charge in [-0.05, 0) is 24.4 Å². The Kier molecular flexibility index (Phi) is 4.66. The van der Waals surface area contributed by atoms with Crippen LogP contribution in [-0.4, -0.2) is 39.7 Å². The molecule has 2 rings (SSSR count). The molecule has 0 radical (unpaired) electrons. The topological polar surface area (TPSA) is 77.5 Å². The Hall–Kier alpha value is -2.46. The normalized spacial score (nSPS) is 15.7. The highest BCUT2D eigenvalue weighted by Crippen LogP contribution is 2.21. The van der Waals surface area contributed by atoms with Gasteiger partial charge in [-0.25, -0.2) is 0 Å². The van der Waals surface area contributed by atoms with Gasteiger partial charge in [0.05, 0.1) is 6.26 Å². The van der Waals surface area contributed by atoms with Crippen LogP contribution in [0.5, 0.6) is 0 Å². The van der Waals surface area contributed by atoms with Crippen molar-refractivity contribution in [2.75, 3.05) is 13.1 Å². The summed E-state index contributed by atoms with van der Waals surface area (Å²) in [6.45, 7) is 6.03. The lowest BCUT2D eigenvalue weighted by Gasteiger charge is -2.19. The fraction of sp³-hybridized carbons (Fsp3) is 0.375. The van der Waals surface area contributed by atoms with Gasteiger partial charge in [-0.15, -0.1) is 0 Å². The van der Waals surface area contributed by atoms with Crippen molar-refractivity contribution in [1.29, 1.82) is 5.26 Å². The summed E-state index contributed by atoms with van der Waals surface area (Å²) in [5.74, 6) is -0.403. The minimum Gasteiger partial charge on any atom is -0.459 e. The molecule has 0 atom stereocenters. The molecule has 0 bridgehead atoms. The summed E-state index contributed by atoms with van der Waals surface area (Å²) in [5, 5.41) is 9.48. The predicted octanol–water partition coefficient (Wildman–Crippen LogP) is 2.34. The number of amides is 1. The van der Waals surface area contributed by atoms with Crippen molar-refractivity contribution < 1.29 is 14.0 Å². The fourth-order valence-electron chi connectivity index (χ4n) is 2.09. The number of furan rings is 1. The van der Waals surface area contributed by atoms with Crippen LogP contribution in [0.15, 0.2) is 34.6 Å². The highest BCUT2D eigenvalue weighted by Gasteiger charge is 2.32. The summed E-state index contributed by atoms with van der Waals surface area (Å²) < 4.78 is 5.09. The molecule has 0 unspecified atom stereocenters. The van der Waals surface area contributed by atoms with Crippen molar-refractivity contribution in [2.45, 2.75) is 20.8 Å². The average Bonchev–Trinajstić information content (AvgIpc) is 3.13. The van der Waals surface area contributed by atoms with Crippen LogP contribution in [0.25, 0.3) is 0 Å². The van der Waals surface area contributed by atoms with E-state index in [1.54, 1.807) is 37.8 Å². The molecule has 0 aromatic carbocycles. The van der Waals surface area contributed by atoms with Gasteiger partial charge in [0, 0.05) is 24.7 Å². The molecule has 0 N–H and O–H groups in total. The molecule has 1 aliphatic rings. The van der Waals surface area contributed by atoms with E-state index in [-0.39, 0.29) is 28.1 Å². The number of nitriles is 1. The van der Waals surface area contributed by atoms with Gasteiger partial charge in [0.1, 0.15) is 11.6 Å². The van der Waals surface area contributed by atoms with Crippen LogP contribution in [0, 0.1) is 16.7 Å². The molecule has 1 fully saturated rings. The highest BCUT2D eigenvalue weighted by atomic mass is 32.1. The molecule has 120 valence electrons. The van der Waals surface area contributed by atoms with Gasteiger partial charge < -0.3 is 9.32 Å². The van der Waals surface area contributed by atoms with Gasteiger partial charge in [-0.2, -0.15) is 5.26 Å². The maximum absolute atomic E-state index is 12.3. The van der Waals surface area contributed by atoms with Gasteiger partial charge in [-0.3, -0.25) is 14.5 Å². The molecular weight excluding hydrogens is 314 g/mol. The predicted molar refractivity (Wildman–Crippen MR) is 87.2 cm³/mol. The molecule has 7 heteroatoms. The standard InChI is InChI=1S/C16H17N3O3S/c1-16(2,3)13(20)11(9-17)10-18-6-7-19(15(18)23)14(21)12-5-4-8-22-12/h4-5,8,10H,6-7H2,1-3H3/b11-10+. The van der Waals surface area contributed by atoms with Crippen molar-refractivity contribution in [3.8, 4) is 6.07 Å². The molecule has 0 spiro atoms. The third-order valence-corrected chi connectivity index (χ3v) is 3.80. The largest absolute Gasteiger partial charge is 0.459 e. The second-order valence-electron chi connectivity index (χ2n) is 6.14. The third-order valence-electron chi connectivity index (χ3n) is 3.35. The fourth-order valence-corrected chi connectivity index (χ4v) is 2.41. The molecule has 1 saturated heterocycles. The molecule has 2 heterocycles. The van der Waals surface area contributed by atoms with Crippen LogP contribution in [0.2, 0.25) is 0 Å². The summed E-state index contributed by atoms with van der Waals surface area (Å²) in [5.41, 5.74) is -0.640. The van der Waals surface area contributed by atoms with Gasteiger partial charge >= 0.3 is 0 Å². The number of hydrogen-bond donors (Lipinski definition) is 0. The van der Waals surface area contributed by atoms with E-state index < -0.39 is 5.41 Å². The van der Waals surface area contributed by atoms with Gasteiger partial charge in [0.15, 0.2) is 16.7 Å². The quantitative estimate of drug-likeness (QED) is 0.481. The maximum atomic E-state index is 12.3. The van der Waals surface area contributed by atoms with E-state index in [4.69, 9.17) is 16.6 Å². The monoisotopic (exact) mass is 331 g/mol. The zero-order valence-corrected chi connectivity index (χ0v) is 14.0. The third kappa shape index (κ3) is 3.48. The molecule has 1 amide bonds. The number of nitrogens with zero attached hydrogens (tertiary/aromatic N) is 3. The number of allylic oxidation sites excluding steroid dienone is 1. The molecule has 23 heavy (non-hydrogen) atoms. The van der Waals surface area contributed by atoms with Gasteiger partial charge in [0.25, 0.3) is 5.91 Å². The lowest BCUT2D eigenvalue weighted by atomic mass is 9.87. The number of hydrogen-bond acceptors (Lipinski definition) is 5. The SMILES string of the molecule is CC(C)(C)C(=O)/C(C#N)=C/N1CCN(C(=O)c2ccco2)C1=S. The Morgan fingerprint density at radius 2 is 2.09 bits per heavy atom. The van der Waals surface area contributed by atoms with Crippen LogP contribution >= 0.6 is 12.2 Å². The minimum absolute atomic E-state index is 0.0205. The molecule has 0 saturated carbocycles. The first-order chi connectivity index (χ1) is 10.8. The minimum atomic E-state index is -0.660.